The first kappa shape index (κ1) is 11.8. The summed E-state index contributed by atoms with van der Waals surface area (Å²) < 4.78 is 2.22. The van der Waals surface area contributed by atoms with Crippen molar-refractivity contribution in [2.45, 2.75) is 26.7 Å². The average molecular weight is 226 g/mol. The van der Waals surface area contributed by atoms with E-state index in [9.17, 15) is 0 Å². The summed E-state index contributed by atoms with van der Waals surface area (Å²) in [6.07, 6.45) is 2.23. The predicted molar refractivity (Wildman–Crippen MR) is 71.9 cm³/mol. The maximum absolute atomic E-state index is 2.23. The quantitative estimate of drug-likeness (QED) is 0.689. The number of hydrogen-bond acceptors (Lipinski definition) is 0. The first-order chi connectivity index (χ1) is 8.09. The van der Waals surface area contributed by atoms with Gasteiger partial charge in [-0.05, 0) is 30.5 Å². The summed E-state index contributed by atoms with van der Waals surface area (Å²) >= 11 is 0. The molecule has 1 heteroatoms. The van der Waals surface area contributed by atoms with Crippen LogP contribution < -0.4 is 4.57 Å². The number of benzene rings is 1. The van der Waals surface area contributed by atoms with Crippen LogP contribution in [0.2, 0.25) is 0 Å². The van der Waals surface area contributed by atoms with E-state index < -0.39 is 0 Å². The van der Waals surface area contributed by atoms with Crippen molar-refractivity contribution in [2.75, 3.05) is 0 Å². The second kappa shape index (κ2) is 4.70. The third kappa shape index (κ3) is 2.38. The van der Waals surface area contributed by atoms with Crippen molar-refractivity contribution >= 4 is 0 Å². The number of aryl methyl sites for hydroxylation is 2. The van der Waals surface area contributed by atoms with E-state index in [0.29, 0.717) is 5.92 Å². The molecule has 0 saturated carbocycles. The van der Waals surface area contributed by atoms with Gasteiger partial charge in [-0.3, -0.25) is 0 Å². The molecule has 0 aliphatic rings. The first-order valence-electron chi connectivity index (χ1n) is 6.15. The zero-order chi connectivity index (χ0) is 12.4. The molecule has 0 N–H and O–H groups in total. The molecule has 0 bridgehead atoms. The highest BCUT2D eigenvalue weighted by Gasteiger charge is 2.13. The minimum atomic E-state index is 0.576. The van der Waals surface area contributed by atoms with Gasteiger partial charge in [0, 0.05) is 17.2 Å². The van der Waals surface area contributed by atoms with E-state index in [1.807, 2.05) is 0 Å². The molecule has 0 fully saturated rings. The van der Waals surface area contributed by atoms with Crippen LogP contribution in [-0.2, 0) is 7.05 Å². The summed E-state index contributed by atoms with van der Waals surface area (Å²) in [7, 11) is 2.12. The minimum Gasteiger partial charge on any atom is -0.201 e. The Hall–Kier alpha value is -1.63. The van der Waals surface area contributed by atoms with Gasteiger partial charge in [0.1, 0.15) is 7.05 Å². The van der Waals surface area contributed by atoms with Crippen molar-refractivity contribution in [2.24, 2.45) is 7.05 Å². The van der Waals surface area contributed by atoms with Gasteiger partial charge in [-0.2, -0.15) is 0 Å². The summed E-state index contributed by atoms with van der Waals surface area (Å²) in [5.74, 6) is 0.576. The van der Waals surface area contributed by atoms with Crippen LogP contribution >= 0.6 is 0 Å². The molecule has 0 aliphatic carbocycles. The van der Waals surface area contributed by atoms with Crippen LogP contribution in [0.1, 0.15) is 30.9 Å². The van der Waals surface area contributed by atoms with Crippen molar-refractivity contribution in [3.8, 4) is 11.3 Å². The van der Waals surface area contributed by atoms with Crippen LogP contribution in [-0.4, -0.2) is 0 Å². The predicted octanol–water partition coefficient (Wildman–Crippen LogP) is 3.61. The average Bonchev–Trinajstić information content (AvgIpc) is 2.30. The lowest BCUT2D eigenvalue weighted by Crippen LogP contribution is -2.31. The normalized spacial score (nSPS) is 10.9. The number of hydrogen-bond donors (Lipinski definition) is 0. The van der Waals surface area contributed by atoms with Crippen LogP contribution in [0.15, 0.2) is 42.6 Å². The van der Waals surface area contributed by atoms with Gasteiger partial charge in [0.05, 0.1) is 0 Å². The molecule has 1 aromatic carbocycles. The number of aromatic nitrogens is 1. The summed E-state index contributed by atoms with van der Waals surface area (Å²) in [5.41, 5.74) is 5.28. The van der Waals surface area contributed by atoms with Crippen molar-refractivity contribution < 1.29 is 4.57 Å². The molecule has 1 heterocycles. The van der Waals surface area contributed by atoms with Gasteiger partial charge in [0.25, 0.3) is 0 Å². The molecular formula is C16H20N+. The summed E-state index contributed by atoms with van der Waals surface area (Å²) in [5, 5.41) is 0. The zero-order valence-corrected chi connectivity index (χ0v) is 11.1. The van der Waals surface area contributed by atoms with Gasteiger partial charge < -0.3 is 0 Å². The molecule has 0 atom stereocenters. The monoisotopic (exact) mass is 226 g/mol. The van der Waals surface area contributed by atoms with Crippen LogP contribution in [0.3, 0.4) is 0 Å². The molecule has 2 rings (SSSR count). The smallest absolute Gasteiger partial charge is 0.201 e. The standard InChI is InChI=1S/C16H20N/c1-12(2)14-9-10-16(17(4)11-14)15-8-6-5-7-13(15)3/h5-12H,1-4H3/q+1. The Balaban J connectivity index is 2.51. The fourth-order valence-corrected chi connectivity index (χ4v) is 2.11. The summed E-state index contributed by atoms with van der Waals surface area (Å²) in [4.78, 5) is 0. The lowest BCUT2D eigenvalue weighted by atomic mass is 10.0. The van der Waals surface area contributed by atoms with E-state index in [0.717, 1.165) is 0 Å². The molecular weight excluding hydrogens is 206 g/mol. The van der Waals surface area contributed by atoms with Crippen molar-refractivity contribution in [3.05, 3.63) is 53.7 Å². The largest absolute Gasteiger partial charge is 0.212 e. The molecule has 17 heavy (non-hydrogen) atoms. The lowest BCUT2D eigenvalue weighted by Gasteiger charge is -2.07. The maximum Gasteiger partial charge on any atom is 0.212 e. The number of nitrogens with zero attached hydrogens (tertiary/aromatic N) is 1. The fraction of sp³-hybridized carbons (Fsp3) is 0.312. The van der Waals surface area contributed by atoms with E-state index in [1.165, 1.54) is 22.4 Å². The highest BCUT2D eigenvalue weighted by Crippen LogP contribution is 2.21. The first-order valence-corrected chi connectivity index (χ1v) is 6.15. The maximum atomic E-state index is 2.23. The highest BCUT2D eigenvalue weighted by molar-refractivity contribution is 5.60. The third-order valence-corrected chi connectivity index (χ3v) is 3.24. The van der Waals surface area contributed by atoms with Gasteiger partial charge in [0.15, 0.2) is 6.20 Å². The fourth-order valence-electron chi connectivity index (χ4n) is 2.11. The van der Waals surface area contributed by atoms with Gasteiger partial charge in [-0.15, -0.1) is 0 Å². The molecule has 0 aliphatic heterocycles. The SMILES string of the molecule is Cc1ccccc1-c1ccc(C(C)C)c[n+]1C. The van der Waals surface area contributed by atoms with Gasteiger partial charge >= 0.3 is 0 Å². The molecule has 2 aromatic rings. The number of pyridine rings is 1. The molecule has 0 amide bonds. The second-order valence-corrected chi connectivity index (χ2v) is 4.93. The Labute approximate surface area is 104 Å². The van der Waals surface area contributed by atoms with E-state index in [-0.39, 0.29) is 0 Å². The van der Waals surface area contributed by atoms with Crippen LogP contribution in [0.5, 0.6) is 0 Å². The highest BCUT2D eigenvalue weighted by atomic mass is 14.9. The van der Waals surface area contributed by atoms with E-state index in [4.69, 9.17) is 0 Å². The van der Waals surface area contributed by atoms with E-state index in [2.05, 4.69) is 75.0 Å². The van der Waals surface area contributed by atoms with Crippen molar-refractivity contribution in [1.82, 2.24) is 0 Å². The molecule has 0 spiro atoms. The Morgan fingerprint density at radius 3 is 2.29 bits per heavy atom. The Bertz CT molecular complexity index is 527. The molecule has 1 aromatic heterocycles. The van der Waals surface area contributed by atoms with E-state index >= 15 is 0 Å². The molecule has 88 valence electrons. The van der Waals surface area contributed by atoms with Crippen LogP contribution in [0.4, 0.5) is 0 Å². The minimum absolute atomic E-state index is 0.576. The lowest BCUT2D eigenvalue weighted by molar-refractivity contribution is -0.660. The van der Waals surface area contributed by atoms with Crippen molar-refractivity contribution in [1.29, 1.82) is 0 Å². The Morgan fingerprint density at radius 2 is 1.71 bits per heavy atom. The topological polar surface area (TPSA) is 3.88 Å². The zero-order valence-electron chi connectivity index (χ0n) is 11.1. The second-order valence-electron chi connectivity index (χ2n) is 4.93. The summed E-state index contributed by atoms with van der Waals surface area (Å²) in [6.45, 7) is 6.61. The molecule has 1 nitrogen and oxygen atoms in total. The Morgan fingerprint density at radius 1 is 1.00 bits per heavy atom. The van der Waals surface area contributed by atoms with Crippen LogP contribution in [0.25, 0.3) is 11.3 Å². The Kier molecular flexibility index (Phi) is 3.28. The van der Waals surface area contributed by atoms with Gasteiger partial charge in [0.2, 0.25) is 5.69 Å². The van der Waals surface area contributed by atoms with Gasteiger partial charge in [-0.25, -0.2) is 4.57 Å². The summed E-state index contributed by atoms with van der Waals surface area (Å²) in [6, 6.07) is 13.0. The van der Waals surface area contributed by atoms with Gasteiger partial charge in [-0.1, -0.05) is 32.0 Å². The van der Waals surface area contributed by atoms with E-state index in [1.54, 1.807) is 0 Å². The van der Waals surface area contributed by atoms with Crippen LogP contribution in [0, 0.1) is 6.92 Å². The third-order valence-electron chi connectivity index (χ3n) is 3.24. The van der Waals surface area contributed by atoms with Crippen molar-refractivity contribution in [3.63, 3.8) is 0 Å². The molecule has 0 unspecified atom stereocenters. The molecule has 0 saturated heterocycles. The molecule has 0 radical (unpaired) electrons. The number of rotatable bonds is 2.